The summed E-state index contributed by atoms with van der Waals surface area (Å²) in [4.78, 5) is 21.8. The smallest absolute Gasteiger partial charge is 0.356 e. The molecule has 0 spiro atoms. The Balaban J connectivity index is 2.46. The first-order valence-electron chi connectivity index (χ1n) is 4.92. The lowest BCUT2D eigenvalue weighted by molar-refractivity contribution is 0.0690. The number of carbonyl (C=O) groups is 1. The second-order valence-electron chi connectivity index (χ2n) is 3.45. The fourth-order valence-corrected chi connectivity index (χ4v) is 1.46. The van der Waals surface area contributed by atoms with Crippen LogP contribution in [0.3, 0.4) is 0 Å². The largest absolute Gasteiger partial charge is 0.497 e. The topological polar surface area (TPSA) is 88.1 Å². The van der Waals surface area contributed by atoms with Crippen molar-refractivity contribution in [2.45, 2.75) is 6.92 Å². The third kappa shape index (κ3) is 2.10. The summed E-state index contributed by atoms with van der Waals surface area (Å²) < 4.78 is 5.06. The zero-order valence-electron chi connectivity index (χ0n) is 9.39. The summed E-state index contributed by atoms with van der Waals surface area (Å²) in [5.41, 5.74) is 1.04. The summed E-state index contributed by atoms with van der Waals surface area (Å²) in [7, 11) is 1.55. The van der Waals surface area contributed by atoms with Crippen molar-refractivity contribution in [1.29, 1.82) is 0 Å². The lowest BCUT2D eigenvalue weighted by Gasteiger charge is -2.00. The maximum atomic E-state index is 10.9. The van der Waals surface area contributed by atoms with E-state index in [4.69, 9.17) is 9.84 Å². The van der Waals surface area contributed by atoms with E-state index in [9.17, 15) is 4.79 Å². The summed E-state index contributed by atoms with van der Waals surface area (Å²) in [6, 6.07) is 3.39. The molecular weight excluding hydrogens is 222 g/mol. The number of aryl methyl sites for hydroxylation is 1. The maximum absolute atomic E-state index is 10.9. The molecule has 0 fully saturated rings. The molecule has 2 N–H and O–H groups in total. The van der Waals surface area contributed by atoms with Crippen LogP contribution in [0.5, 0.6) is 5.75 Å². The number of rotatable bonds is 3. The predicted octanol–water partition coefficient (Wildman–Crippen LogP) is 1.49. The maximum Gasteiger partial charge on any atom is 0.356 e. The van der Waals surface area contributed by atoms with Crippen molar-refractivity contribution in [3.05, 3.63) is 29.7 Å². The van der Waals surface area contributed by atoms with Crippen LogP contribution in [0.1, 0.15) is 16.2 Å². The van der Waals surface area contributed by atoms with Crippen molar-refractivity contribution in [3.63, 3.8) is 0 Å². The van der Waals surface area contributed by atoms with Gasteiger partial charge in [-0.2, -0.15) is 0 Å². The number of hydrogen-bond acceptors (Lipinski definition) is 4. The van der Waals surface area contributed by atoms with Gasteiger partial charge in [0.2, 0.25) is 0 Å². The van der Waals surface area contributed by atoms with Crippen molar-refractivity contribution < 1.29 is 14.6 Å². The fraction of sp³-hybridized carbons (Fsp3) is 0.182. The van der Waals surface area contributed by atoms with Gasteiger partial charge < -0.3 is 14.8 Å². The summed E-state index contributed by atoms with van der Waals surface area (Å²) in [5, 5.41) is 8.90. The Morgan fingerprint density at radius 2 is 2.29 bits per heavy atom. The first-order valence-corrected chi connectivity index (χ1v) is 4.92. The van der Waals surface area contributed by atoms with Gasteiger partial charge in [0.15, 0.2) is 11.5 Å². The number of aromatic amines is 1. The minimum atomic E-state index is -1.06. The molecule has 0 aromatic carbocycles. The predicted molar refractivity (Wildman–Crippen MR) is 60.1 cm³/mol. The van der Waals surface area contributed by atoms with E-state index in [1.54, 1.807) is 32.4 Å². The van der Waals surface area contributed by atoms with E-state index >= 15 is 0 Å². The molecule has 0 atom stereocenters. The molecular formula is C11H11N3O3. The number of carboxylic acids is 1. The third-order valence-corrected chi connectivity index (χ3v) is 2.30. The lowest BCUT2D eigenvalue weighted by Crippen LogP contribution is -1.98. The lowest BCUT2D eigenvalue weighted by atomic mass is 10.3. The van der Waals surface area contributed by atoms with Crippen LogP contribution in [0.2, 0.25) is 0 Å². The molecule has 0 amide bonds. The van der Waals surface area contributed by atoms with E-state index in [-0.39, 0.29) is 5.69 Å². The molecule has 0 aliphatic carbocycles. The Hall–Kier alpha value is -2.37. The Bertz CT molecular complexity index is 563. The Kier molecular flexibility index (Phi) is 2.78. The number of carboxylic acid groups (broad SMARTS) is 1. The molecule has 17 heavy (non-hydrogen) atoms. The molecule has 6 heteroatoms. The standard InChI is InChI=1S/C11H11N3O3/c1-6-9(11(15)16)14-10(13-6)8-5-7(17-2)3-4-12-8/h3-5H,1-2H3,(H,13,14)(H,15,16). The van der Waals surface area contributed by atoms with Crippen LogP contribution in [0.15, 0.2) is 18.3 Å². The number of aromatic carboxylic acids is 1. The summed E-state index contributed by atoms with van der Waals surface area (Å²) in [6.07, 6.45) is 1.58. The van der Waals surface area contributed by atoms with Crippen LogP contribution in [0, 0.1) is 6.92 Å². The molecule has 0 saturated heterocycles. The third-order valence-electron chi connectivity index (χ3n) is 2.30. The first kappa shape index (κ1) is 11.1. The molecule has 0 bridgehead atoms. The Morgan fingerprint density at radius 1 is 1.53 bits per heavy atom. The Morgan fingerprint density at radius 3 is 2.88 bits per heavy atom. The van der Waals surface area contributed by atoms with Gasteiger partial charge in [-0.15, -0.1) is 0 Å². The zero-order chi connectivity index (χ0) is 12.4. The van der Waals surface area contributed by atoms with Gasteiger partial charge in [0.25, 0.3) is 0 Å². The average Bonchev–Trinajstić information content (AvgIpc) is 2.71. The van der Waals surface area contributed by atoms with E-state index < -0.39 is 5.97 Å². The molecule has 0 aliphatic heterocycles. The molecule has 2 heterocycles. The van der Waals surface area contributed by atoms with Crippen LogP contribution >= 0.6 is 0 Å². The highest BCUT2D eigenvalue weighted by molar-refractivity contribution is 5.87. The number of hydrogen-bond donors (Lipinski definition) is 2. The van der Waals surface area contributed by atoms with Crippen LogP contribution in [-0.4, -0.2) is 33.1 Å². The molecule has 2 aromatic rings. The van der Waals surface area contributed by atoms with Crippen LogP contribution in [0.25, 0.3) is 11.5 Å². The summed E-state index contributed by atoms with van der Waals surface area (Å²) in [5.74, 6) is -0.00683. The number of pyridine rings is 1. The van der Waals surface area contributed by atoms with Gasteiger partial charge in [-0.1, -0.05) is 0 Å². The number of imidazole rings is 1. The highest BCUT2D eigenvalue weighted by Crippen LogP contribution is 2.20. The average molecular weight is 233 g/mol. The van der Waals surface area contributed by atoms with E-state index in [0.29, 0.717) is 23.0 Å². The van der Waals surface area contributed by atoms with Gasteiger partial charge in [-0.3, -0.25) is 4.98 Å². The summed E-state index contributed by atoms with van der Waals surface area (Å²) >= 11 is 0. The van der Waals surface area contributed by atoms with Crippen LogP contribution < -0.4 is 4.74 Å². The number of nitrogens with one attached hydrogen (secondary N) is 1. The van der Waals surface area contributed by atoms with Crippen molar-refractivity contribution in [3.8, 4) is 17.3 Å². The van der Waals surface area contributed by atoms with E-state index in [0.717, 1.165) is 0 Å². The molecule has 0 saturated carbocycles. The van der Waals surface area contributed by atoms with Gasteiger partial charge >= 0.3 is 5.97 Å². The van der Waals surface area contributed by atoms with Crippen LogP contribution in [0.4, 0.5) is 0 Å². The molecule has 0 radical (unpaired) electrons. The molecule has 0 aliphatic rings. The van der Waals surface area contributed by atoms with Crippen LogP contribution in [-0.2, 0) is 0 Å². The molecule has 2 rings (SSSR count). The summed E-state index contributed by atoms with van der Waals surface area (Å²) in [6.45, 7) is 1.65. The Labute approximate surface area is 97.3 Å². The van der Waals surface area contributed by atoms with Crippen molar-refractivity contribution in [2.75, 3.05) is 7.11 Å². The van der Waals surface area contributed by atoms with Crippen molar-refractivity contribution >= 4 is 5.97 Å². The van der Waals surface area contributed by atoms with Crippen molar-refractivity contribution in [1.82, 2.24) is 15.0 Å². The van der Waals surface area contributed by atoms with Crippen molar-refractivity contribution in [2.24, 2.45) is 0 Å². The molecule has 88 valence electrons. The number of methoxy groups -OCH3 is 1. The van der Waals surface area contributed by atoms with Gasteiger partial charge in [0.1, 0.15) is 11.4 Å². The minimum absolute atomic E-state index is 0.00428. The highest BCUT2D eigenvalue weighted by Gasteiger charge is 2.15. The monoisotopic (exact) mass is 233 g/mol. The number of ether oxygens (including phenoxy) is 1. The van der Waals surface area contributed by atoms with E-state index in [2.05, 4.69) is 15.0 Å². The van der Waals surface area contributed by atoms with Gasteiger partial charge in [0.05, 0.1) is 7.11 Å². The highest BCUT2D eigenvalue weighted by atomic mass is 16.5. The van der Waals surface area contributed by atoms with Gasteiger partial charge in [-0.25, -0.2) is 9.78 Å². The van der Waals surface area contributed by atoms with E-state index in [1.165, 1.54) is 0 Å². The zero-order valence-corrected chi connectivity index (χ0v) is 9.39. The normalized spacial score (nSPS) is 10.2. The second-order valence-corrected chi connectivity index (χ2v) is 3.45. The van der Waals surface area contributed by atoms with E-state index in [1.807, 2.05) is 0 Å². The fourth-order valence-electron chi connectivity index (χ4n) is 1.46. The SMILES string of the molecule is COc1ccnc(-c2nc(C(=O)O)c(C)[nH]2)c1. The first-order chi connectivity index (χ1) is 8.11. The van der Waals surface area contributed by atoms with Gasteiger partial charge in [-0.05, 0) is 13.0 Å². The second kappa shape index (κ2) is 4.25. The van der Waals surface area contributed by atoms with Gasteiger partial charge in [0, 0.05) is 18.0 Å². The molecule has 2 aromatic heterocycles. The number of H-pyrrole nitrogens is 1. The molecule has 0 unspecified atom stereocenters. The number of nitrogens with zero attached hydrogens (tertiary/aromatic N) is 2. The molecule has 6 nitrogen and oxygen atoms in total. The minimum Gasteiger partial charge on any atom is -0.497 e. The number of aromatic nitrogens is 3. The quantitative estimate of drug-likeness (QED) is 0.838.